The Morgan fingerprint density at radius 1 is 1.00 bits per heavy atom. The second kappa shape index (κ2) is 12.9. The summed E-state index contributed by atoms with van der Waals surface area (Å²) in [5, 5.41) is 3.84. The molecule has 0 aliphatic rings. The molecule has 0 aliphatic carbocycles. The van der Waals surface area contributed by atoms with E-state index in [1.54, 1.807) is 18.2 Å². The topological polar surface area (TPSA) is 58.6 Å². The number of amides is 2. The molecule has 0 fully saturated rings. The van der Waals surface area contributed by atoms with E-state index in [4.69, 9.17) is 27.9 Å². The Bertz CT molecular complexity index is 927. The molecular formula is C26H34Cl2N2O3. The third kappa shape index (κ3) is 7.65. The minimum Gasteiger partial charge on any atom is -0.483 e. The number of carbonyl (C=O) groups is 2. The minimum absolute atomic E-state index is 0.111. The fraction of sp³-hybridized carbons (Fsp3) is 0.462. The van der Waals surface area contributed by atoms with Crippen LogP contribution in [0.2, 0.25) is 10.0 Å². The molecule has 0 saturated carbocycles. The van der Waals surface area contributed by atoms with Gasteiger partial charge in [0.1, 0.15) is 11.8 Å². The zero-order valence-electron chi connectivity index (χ0n) is 20.0. The Kier molecular flexibility index (Phi) is 10.5. The van der Waals surface area contributed by atoms with Gasteiger partial charge in [-0.05, 0) is 42.0 Å². The summed E-state index contributed by atoms with van der Waals surface area (Å²) in [6.07, 6.45) is 0.445. The van der Waals surface area contributed by atoms with E-state index in [1.807, 2.05) is 45.0 Å². The maximum absolute atomic E-state index is 13.4. The van der Waals surface area contributed by atoms with Gasteiger partial charge in [0, 0.05) is 28.7 Å². The van der Waals surface area contributed by atoms with Gasteiger partial charge in [-0.2, -0.15) is 0 Å². The predicted octanol–water partition coefficient (Wildman–Crippen LogP) is 6.08. The van der Waals surface area contributed by atoms with E-state index in [-0.39, 0.29) is 30.9 Å². The minimum atomic E-state index is -0.674. The molecule has 1 atom stereocenters. The van der Waals surface area contributed by atoms with Gasteiger partial charge in [0.25, 0.3) is 5.91 Å². The van der Waals surface area contributed by atoms with Crippen molar-refractivity contribution in [2.45, 2.75) is 59.5 Å². The Labute approximate surface area is 207 Å². The first-order valence-electron chi connectivity index (χ1n) is 11.4. The van der Waals surface area contributed by atoms with Gasteiger partial charge in [0.15, 0.2) is 6.61 Å². The van der Waals surface area contributed by atoms with Gasteiger partial charge in [-0.15, -0.1) is 0 Å². The van der Waals surface area contributed by atoms with Crippen LogP contribution < -0.4 is 10.1 Å². The first kappa shape index (κ1) is 27.0. The third-order valence-corrected chi connectivity index (χ3v) is 6.06. The maximum atomic E-state index is 13.4. The van der Waals surface area contributed by atoms with E-state index >= 15 is 0 Å². The van der Waals surface area contributed by atoms with Gasteiger partial charge in [0.05, 0.1) is 0 Å². The van der Waals surface area contributed by atoms with Gasteiger partial charge in [0.2, 0.25) is 5.91 Å². The van der Waals surface area contributed by atoms with Crippen LogP contribution in [0.5, 0.6) is 5.75 Å². The van der Waals surface area contributed by atoms with Crippen molar-refractivity contribution >= 4 is 35.0 Å². The van der Waals surface area contributed by atoms with Crippen LogP contribution in [0.1, 0.15) is 58.1 Å². The molecule has 5 nitrogen and oxygen atoms in total. The van der Waals surface area contributed by atoms with E-state index in [0.717, 1.165) is 5.56 Å². The summed E-state index contributed by atoms with van der Waals surface area (Å²) in [6.45, 7) is 10.5. The lowest BCUT2D eigenvalue weighted by atomic mass is 10.0. The van der Waals surface area contributed by atoms with Crippen LogP contribution in [0.3, 0.4) is 0 Å². The van der Waals surface area contributed by atoms with Crippen molar-refractivity contribution in [1.82, 2.24) is 10.2 Å². The molecule has 0 aromatic heterocycles. The molecule has 0 radical (unpaired) electrons. The fourth-order valence-corrected chi connectivity index (χ4v) is 4.02. The molecule has 1 N–H and O–H groups in total. The molecule has 0 saturated heterocycles. The Morgan fingerprint density at radius 2 is 1.64 bits per heavy atom. The Hall–Kier alpha value is -2.24. The number of hydrogen-bond donors (Lipinski definition) is 1. The molecular weight excluding hydrogens is 459 g/mol. The summed E-state index contributed by atoms with van der Waals surface area (Å²) in [7, 11) is 0. The number of hydrogen-bond acceptors (Lipinski definition) is 3. The number of halogens is 2. The van der Waals surface area contributed by atoms with Crippen molar-refractivity contribution < 1.29 is 14.3 Å². The van der Waals surface area contributed by atoms with E-state index in [1.165, 1.54) is 4.90 Å². The number of para-hydroxylation sites is 1. The van der Waals surface area contributed by atoms with Gasteiger partial charge >= 0.3 is 0 Å². The second-order valence-corrected chi connectivity index (χ2v) is 9.58. The lowest BCUT2D eigenvalue weighted by Crippen LogP contribution is -2.50. The quantitative estimate of drug-likeness (QED) is 0.413. The Balaban J connectivity index is 2.30. The van der Waals surface area contributed by atoms with Crippen LogP contribution in [0.25, 0.3) is 0 Å². The summed E-state index contributed by atoms with van der Waals surface area (Å²) in [6, 6.07) is 12.2. The first-order chi connectivity index (χ1) is 15.6. The van der Waals surface area contributed by atoms with Crippen molar-refractivity contribution in [2.75, 3.05) is 13.2 Å². The third-order valence-electron chi connectivity index (χ3n) is 5.35. The number of rotatable bonds is 11. The van der Waals surface area contributed by atoms with Crippen molar-refractivity contribution in [1.29, 1.82) is 0 Å². The molecule has 180 valence electrons. The molecule has 2 rings (SSSR count). The van der Waals surface area contributed by atoms with Gasteiger partial charge in [-0.1, -0.05) is 82.1 Å². The SMILES string of the molecule is CC[C@H](C(=O)NCC(C)C)N(Cc1c(Cl)cccc1Cl)C(=O)COc1ccccc1C(C)C. The molecule has 2 aromatic carbocycles. The molecule has 0 aliphatic heterocycles. The number of carbonyl (C=O) groups excluding carboxylic acids is 2. The smallest absolute Gasteiger partial charge is 0.261 e. The van der Waals surface area contributed by atoms with Crippen LogP contribution in [0.4, 0.5) is 0 Å². The molecule has 0 unspecified atom stereocenters. The highest BCUT2D eigenvalue weighted by Crippen LogP contribution is 2.28. The van der Waals surface area contributed by atoms with Crippen molar-refractivity contribution in [3.63, 3.8) is 0 Å². The van der Waals surface area contributed by atoms with Crippen LogP contribution in [-0.4, -0.2) is 35.9 Å². The van der Waals surface area contributed by atoms with Gasteiger partial charge in [-0.25, -0.2) is 0 Å². The van der Waals surface area contributed by atoms with Gasteiger partial charge < -0.3 is 15.0 Å². The molecule has 0 bridgehead atoms. The average Bonchev–Trinajstić information content (AvgIpc) is 2.77. The highest BCUT2D eigenvalue weighted by molar-refractivity contribution is 6.36. The highest BCUT2D eigenvalue weighted by Gasteiger charge is 2.30. The molecule has 2 aromatic rings. The lowest BCUT2D eigenvalue weighted by molar-refractivity contribution is -0.143. The molecule has 33 heavy (non-hydrogen) atoms. The normalized spacial score (nSPS) is 12.0. The van der Waals surface area contributed by atoms with Crippen molar-refractivity contribution in [3.8, 4) is 5.75 Å². The van der Waals surface area contributed by atoms with E-state index in [9.17, 15) is 9.59 Å². The largest absolute Gasteiger partial charge is 0.483 e. The average molecular weight is 493 g/mol. The number of benzene rings is 2. The van der Waals surface area contributed by atoms with Crippen LogP contribution >= 0.6 is 23.2 Å². The van der Waals surface area contributed by atoms with E-state index in [2.05, 4.69) is 19.2 Å². The summed E-state index contributed by atoms with van der Waals surface area (Å²) in [5.41, 5.74) is 1.62. The summed E-state index contributed by atoms with van der Waals surface area (Å²) in [4.78, 5) is 27.9. The lowest BCUT2D eigenvalue weighted by Gasteiger charge is -2.31. The zero-order valence-corrected chi connectivity index (χ0v) is 21.5. The van der Waals surface area contributed by atoms with Crippen molar-refractivity contribution in [3.05, 3.63) is 63.6 Å². The standard InChI is InChI=1S/C26H34Cl2N2O3/c1-6-23(26(32)29-14-17(2)3)30(15-20-21(27)11-9-12-22(20)28)25(31)16-33-24-13-8-7-10-19(24)18(4)5/h7-13,17-18,23H,6,14-16H2,1-5H3,(H,29,32)/t23-/m1/s1. The molecule has 0 heterocycles. The number of ether oxygens (including phenoxy) is 1. The highest BCUT2D eigenvalue weighted by atomic mass is 35.5. The Morgan fingerprint density at radius 3 is 2.21 bits per heavy atom. The van der Waals surface area contributed by atoms with Crippen molar-refractivity contribution in [2.24, 2.45) is 5.92 Å². The summed E-state index contributed by atoms with van der Waals surface area (Å²) in [5.74, 6) is 0.694. The first-order valence-corrected chi connectivity index (χ1v) is 12.1. The zero-order chi connectivity index (χ0) is 24.5. The molecule has 2 amide bonds. The summed E-state index contributed by atoms with van der Waals surface area (Å²) < 4.78 is 5.92. The number of nitrogens with one attached hydrogen (secondary N) is 1. The molecule has 7 heteroatoms. The van der Waals surface area contributed by atoms with Crippen LogP contribution in [0.15, 0.2) is 42.5 Å². The molecule has 0 spiro atoms. The van der Waals surface area contributed by atoms with Gasteiger partial charge in [-0.3, -0.25) is 9.59 Å². The maximum Gasteiger partial charge on any atom is 0.261 e. The second-order valence-electron chi connectivity index (χ2n) is 8.77. The summed E-state index contributed by atoms with van der Waals surface area (Å²) >= 11 is 12.8. The van der Waals surface area contributed by atoms with Crippen LogP contribution in [0, 0.1) is 5.92 Å². The fourth-order valence-electron chi connectivity index (χ4n) is 3.51. The van der Waals surface area contributed by atoms with E-state index in [0.29, 0.717) is 40.2 Å². The van der Waals surface area contributed by atoms with Crippen LogP contribution in [-0.2, 0) is 16.1 Å². The predicted molar refractivity (Wildman–Crippen MR) is 135 cm³/mol. The monoisotopic (exact) mass is 492 g/mol. The number of nitrogens with zero attached hydrogens (tertiary/aromatic N) is 1. The van der Waals surface area contributed by atoms with E-state index < -0.39 is 6.04 Å².